The number of thiophene rings is 1. The van der Waals surface area contributed by atoms with Crippen LogP contribution in [0.5, 0.6) is 0 Å². The van der Waals surface area contributed by atoms with E-state index in [9.17, 15) is 27.6 Å². The van der Waals surface area contributed by atoms with Gasteiger partial charge in [0.1, 0.15) is 5.84 Å². The summed E-state index contributed by atoms with van der Waals surface area (Å²) < 4.78 is 32.2. The third-order valence-electron chi connectivity index (χ3n) is 5.82. The SMILES string of the molecule is N=C(N)c1cccc(/C=C/CN2C(=O)[C@H]3[C@H](CC=C[C@H]3NC(=O)c3ccc(Cl)s3)C2=O)c1.O=C(O)C(F)(F)F. The number of hydrogen-bond donors (Lipinski definition) is 4. The summed E-state index contributed by atoms with van der Waals surface area (Å²) in [5.74, 6) is -4.74. The minimum atomic E-state index is -5.08. The molecule has 0 radical (unpaired) electrons. The normalized spacial score (nSPS) is 20.4. The molecule has 1 aliphatic heterocycles. The highest BCUT2D eigenvalue weighted by Crippen LogP contribution is 2.35. The number of alkyl halides is 3. The molecule has 1 aromatic carbocycles. The predicted octanol–water partition coefficient (Wildman–Crippen LogP) is 3.69. The smallest absolute Gasteiger partial charge is 0.475 e. The van der Waals surface area contributed by atoms with Crippen molar-refractivity contribution in [1.29, 1.82) is 5.41 Å². The van der Waals surface area contributed by atoms with Crippen molar-refractivity contribution in [2.75, 3.05) is 6.54 Å². The van der Waals surface area contributed by atoms with E-state index in [2.05, 4.69) is 5.32 Å². The lowest BCUT2D eigenvalue weighted by Crippen LogP contribution is -2.45. The Bertz CT molecular complexity index is 1360. The van der Waals surface area contributed by atoms with Gasteiger partial charge in [-0.05, 0) is 30.2 Å². The lowest BCUT2D eigenvalue weighted by atomic mass is 9.81. The number of halogens is 4. The van der Waals surface area contributed by atoms with E-state index >= 15 is 0 Å². The van der Waals surface area contributed by atoms with Crippen molar-refractivity contribution < 1.29 is 37.5 Å². The molecule has 3 atom stereocenters. The molecule has 2 aromatic rings. The zero-order valence-electron chi connectivity index (χ0n) is 19.9. The minimum absolute atomic E-state index is 0.0281. The summed E-state index contributed by atoms with van der Waals surface area (Å²) in [4.78, 5) is 49.1. The van der Waals surface area contributed by atoms with Gasteiger partial charge in [0.15, 0.2) is 0 Å². The van der Waals surface area contributed by atoms with Gasteiger partial charge in [0.25, 0.3) is 5.91 Å². The van der Waals surface area contributed by atoms with Crippen molar-refractivity contribution in [3.8, 4) is 0 Å². The fourth-order valence-corrected chi connectivity index (χ4v) is 4.98. The molecule has 0 bridgehead atoms. The molecular weight excluding hydrogens is 561 g/mol. The number of likely N-dealkylation sites (tertiary alicyclic amines) is 1. The highest BCUT2D eigenvalue weighted by molar-refractivity contribution is 7.18. The highest BCUT2D eigenvalue weighted by Gasteiger charge is 2.51. The van der Waals surface area contributed by atoms with Crippen LogP contribution in [0.4, 0.5) is 13.2 Å². The third-order valence-corrected chi connectivity index (χ3v) is 7.05. The largest absolute Gasteiger partial charge is 0.490 e. The quantitative estimate of drug-likeness (QED) is 0.176. The van der Waals surface area contributed by atoms with Crippen molar-refractivity contribution in [3.63, 3.8) is 0 Å². The number of benzene rings is 1. The van der Waals surface area contributed by atoms with Crippen LogP contribution in [-0.4, -0.2) is 58.3 Å². The summed E-state index contributed by atoms with van der Waals surface area (Å²) in [6.07, 6.45) is 2.53. The average Bonchev–Trinajstić information content (AvgIpc) is 3.41. The van der Waals surface area contributed by atoms with Crippen LogP contribution in [-0.2, 0) is 14.4 Å². The standard InChI is InChI=1S/C23H21ClN4O3S.C2HF3O2/c24-18-10-9-17(32-18)21(29)27-16-8-2-7-15-19(16)23(31)28(22(15)30)11-3-5-13-4-1-6-14(12-13)20(25)26;3-2(4,5)1(6)7/h1-6,8-10,12,15-16,19H,7,11H2,(H3,25,26)(H,27,29);(H,6,7)/b5-3+;/t15-,16+,19-;/m0./s1. The lowest BCUT2D eigenvalue weighted by molar-refractivity contribution is -0.192. The number of aliphatic carboxylic acids is 1. The Labute approximate surface area is 229 Å². The van der Waals surface area contributed by atoms with E-state index in [1.165, 1.54) is 4.90 Å². The number of carbonyl (C=O) groups is 4. The first-order chi connectivity index (χ1) is 18.3. The maximum atomic E-state index is 13.1. The molecule has 1 saturated heterocycles. The van der Waals surface area contributed by atoms with Gasteiger partial charge in [-0.25, -0.2) is 4.79 Å². The number of nitrogens with one attached hydrogen (secondary N) is 2. The van der Waals surface area contributed by atoms with Crippen molar-refractivity contribution >= 4 is 58.5 Å². The van der Waals surface area contributed by atoms with Gasteiger partial charge >= 0.3 is 12.1 Å². The van der Waals surface area contributed by atoms with Gasteiger partial charge < -0.3 is 16.2 Å². The summed E-state index contributed by atoms with van der Waals surface area (Å²) in [6.45, 7) is 0.135. The summed E-state index contributed by atoms with van der Waals surface area (Å²) in [5.41, 5.74) is 6.94. The molecule has 9 nitrogen and oxygen atoms in total. The Hall–Kier alpha value is -3.97. The number of amides is 3. The van der Waals surface area contributed by atoms with E-state index in [0.29, 0.717) is 21.2 Å². The van der Waals surface area contributed by atoms with Gasteiger partial charge in [0.05, 0.1) is 27.1 Å². The molecule has 206 valence electrons. The van der Waals surface area contributed by atoms with Crippen LogP contribution in [0.1, 0.15) is 27.2 Å². The number of nitrogen functional groups attached to an aromatic ring is 1. The summed E-state index contributed by atoms with van der Waals surface area (Å²) in [6, 6.07) is 9.86. The maximum Gasteiger partial charge on any atom is 0.490 e. The maximum absolute atomic E-state index is 13.1. The van der Waals surface area contributed by atoms with Crippen LogP contribution in [0.2, 0.25) is 4.34 Å². The summed E-state index contributed by atoms with van der Waals surface area (Å²) in [5, 5.41) is 17.5. The van der Waals surface area contributed by atoms with Gasteiger partial charge in [-0.1, -0.05) is 54.1 Å². The lowest BCUT2D eigenvalue weighted by Gasteiger charge is -2.26. The number of imide groups is 1. The second-order valence-corrected chi connectivity index (χ2v) is 10.1. The molecular formula is C25H22ClF3N4O5S. The molecule has 14 heteroatoms. The molecule has 5 N–H and O–H groups in total. The van der Waals surface area contributed by atoms with E-state index in [-0.39, 0.29) is 30.1 Å². The third kappa shape index (κ3) is 7.33. The van der Waals surface area contributed by atoms with Crippen LogP contribution in [0.15, 0.2) is 54.6 Å². The monoisotopic (exact) mass is 582 g/mol. The fraction of sp³-hybridized carbons (Fsp3) is 0.240. The summed E-state index contributed by atoms with van der Waals surface area (Å²) in [7, 11) is 0. The van der Waals surface area contributed by atoms with Crippen LogP contribution in [0.3, 0.4) is 0 Å². The first kappa shape index (κ1) is 29.6. The van der Waals surface area contributed by atoms with Crippen LogP contribution >= 0.6 is 22.9 Å². The number of carbonyl (C=O) groups excluding carboxylic acids is 3. The number of carboxylic acid groups (broad SMARTS) is 1. The first-order valence-electron chi connectivity index (χ1n) is 11.3. The molecule has 1 fully saturated rings. The van der Waals surface area contributed by atoms with Crippen molar-refractivity contribution in [3.05, 3.63) is 75.0 Å². The number of carboxylic acids is 1. The van der Waals surface area contributed by atoms with Crippen LogP contribution in [0, 0.1) is 17.2 Å². The predicted molar refractivity (Wildman–Crippen MR) is 138 cm³/mol. The number of nitrogens with two attached hydrogens (primary N) is 1. The zero-order chi connectivity index (χ0) is 28.9. The number of nitrogens with zero attached hydrogens (tertiary/aromatic N) is 1. The Morgan fingerprint density at radius 3 is 2.51 bits per heavy atom. The molecule has 2 heterocycles. The molecule has 2 aliphatic rings. The molecule has 3 amide bonds. The molecule has 0 saturated carbocycles. The van der Waals surface area contributed by atoms with Gasteiger partial charge in [-0.3, -0.25) is 24.7 Å². The number of fused-ring (bicyclic) bond motifs is 1. The minimum Gasteiger partial charge on any atom is -0.475 e. The molecule has 1 aliphatic carbocycles. The van der Waals surface area contributed by atoms with E-state index in [1.54, 1.807) is 48.6 Å². The average molecular weight is 583 g/mol. The number of allylic oxidation sites excluding steroid dienone is 1. The number of amidine groups is 1. The Morgan fingerprint density at radius 1 is 1.23 bits per heavy atom. The molecule has 4 rings (SSSR count). The van der Waals surface area contributed by atoms with Crippen molar-refractivity contribution in [1.82, 2.24) is 10.2 Å². The molecule has 0 spiro atoms. The topological polar surface area (TPSA) is 154 Å². The van der Waals surface area contributed by atoms with E-state index in [1.807, 2.05) is 12.1 Å². The van der Waals surface area contributed by atoms with E-state index in [0.717, 1.165) is 16.9 Å². The van der Waals surface area contributed by atoms with Crippen molar-refractivity contribution in [2.45, 2.75) is 18.6 Å². The van der Waals surface area contributed by atoms with Crippen molar-refractivity contribution in [2.24, 2.45) is 17.6 Å². The zero-order valence-corrected chi connectivity index (χ0v) is 21.5. The Morgan fingerprint density at radius 2 is 1.92 bits per heavy atom. The summed E-state index contributed by atoms with van der Waals surface area (Å²) >= 11 is 7.07. The van der Waals surface area contributed by atoms with Gasteiger partial charge in [0, 0.05) is 12.1 Å². The first-order valence-corrected chi connectivity index (χ1v) is 12.5. The van der Waals surface area contributed by atoms with Gasteiger partial charge in [0.2, 0.25) is 11.8 Å². The van der Waals surface area contributed by atoms with E-state index < -0.39 is 30.0 Å². The second kappa shape index (κ2) is 12.3. The highest BCUT2D eigenvalue weighted by atomic mass is 35.5. The molecule has 0 unspecified atom stereocenters. The molecule has 1 aromatic heterocycles. The van der Waals surface area contributed by atoms with Gasteiger partial charge in [-0.2, -0.15) is 13.2 Å². The second-order valence-electron chi connectivity index (χ2n) is 8.43. The van der Waals surface area contributed by atoms with Crippen LogP contribution < -0.4 is 11.1 Å². The Kier molecular flexibility index (Phi) is 9.30. The molecule has 39 heavy (non-hydrogen) atoms. The van der Waals surface area contributed by atoms with Gasteiger partial charge in [-0.15, -0.1) is 11.3 Å². The van der Waals surface area contributed by atoms with Crippen LogP contribution in [0.25, 0.3) is 6.08 Å². The fourth-order valence-electron chi connectivity index (χ4n) is 4.04. The Balaban J connectivity index is 0.000000532. The van der Waals surface area contributed by atoms with E-state index in [4.69, 9.17) is 32.6 Å². The number of hydrogen-bond acceptors (Lipinski definition) is 6. The number of rotatable bonds is 6.